The first-order valence-corrected chi connectivity index (χ1v) is 7.06. The molecule has 0 aliphatic heterocycles. The first-order chi connectivity index (χ1) is 8.81. The fourth-order valence-electron chi connectivity index (χ4n) is 1.71. The smallest absolute Gasteiger partial charge is 0.257 e. The average molecular weight is 334 g/mol. The maximum atomic E-state index is 13.6. The zero-order valence-electron chi connectivity index (χ0n) is 11.3. The summed E-state index contributed by atoms with van der Waals surface area (Å²) in [6, 6.07) is 2.05. The second-order valence-corrected chi connectivity index (χ2v) is 6.01. The Morgan fingerprint density at radius 1 is 1.21 bits per heavy atom. The fraction of sp³-hybridized carbons (Fsp3) is 0.500. The molecule has 0 saturated carbocycles. The van der Waals surface area contributed by atoms with Gasteiger partial charge in [0.05, 0.1) is 0 Å². The third-order valence-corrected chi connectivity index (χ3v) is 3.25. The standard InChI is InChI=1S/C14H18BrF2NO/c1-8(2)4-5-9(3)18-14(19)13-11(16)6-10(15)7-12(13)17/h6-9H,4-5H2,1-3H3,(H,18,19). The van der Waals surface area contributed by atoms with Gasteiger partial charge in [-0.3, -0.25) is 4.79 Å². The van der Waals surface area contributed by atoms with E-state index in [1.165, 1.54) is 0 Å². The van der Waals surface area contributed by atoms with Crippen molar-refractivity contribution in [2.45, 2.75) is 39.7 Å². The summed E-state index contributed by atoms with van der Waals surface area (Å²) in [4.78, 5) is 11.8. The van der Waals surface area contributed by atoms with E-state index in [9.17, 15) is 13.6 Å². The lowest BCUT2D eigenvalue weighted by Crippen LogP contribution is -2.34. The van der Waals surface area contributed by atoms with Crippen molar-refractivity contribution < 1.29 is 13.6 Å². The molecule has 0 fully saturated rings. The number of nitrogens with one attached hydrogen (secondary N) is 1. The van der Waals surface area contributed by atoms with Crippen LogP contribution in [0.4, 0.5) is 8.78 Å². The number of benzene rings is 1. The van der Waals surface area contributed by atoms with E-state index in [4.69, 9.17) is 0 Å². The van der Waals surface area contributed by atoms with E-state index in [1.54, 1.807) is 0 Å². The van der Waals surface area contributed by atoms with Gasteiger partial charge < -0.3 is 5.32 Å². The number of halogens is 3. The monoisotopic (exact) mass is 333 g/mol. The van der Waals surface area contributed by atoms with Gasteiger partial charge >= 0.3 is 0 Å². The van der Waals surface area contributed by atoms with Crippen LogP contribution in [-0.4, -0.2) is 11.9 Å². The second kappa shape index (κ2) is 6.98. The molecule has 106 valence electrons. The predicted octanol–water partition coefficient (Wildman–Crippen LogP) is 4.28. The topological polar surface area (TPSA) is 29.1 Å². The molecule has 0 saturated heterocycles. The third kappa shape index (κ3) is 4.90. The Balaban J connectivity index is 2.73. The zero-order chi connectivity index (χ0) is 14.6. The summed E-state index contributed by atoms with van der Waals surface area (Å²) in [5.41, 5.74) is -0.528. The molecule has 0 aliphatic carbocycles. The molecule has 0 aliphatic rings. The Morgan fingerprint density at radius 3 is 2.21 bits per heavy atom. The van der Waals surface area contributed by atoms with E-state index in [0.29, 0.717) is 5.92 Å². The highest BCUT2D eigenvalue weighted by Crippen LogP contribution is 2.19. The molecule has 1 aromatic carbocycles. The molecule has 1 amide bonds. The molecule has 1 unspecified atom stereocenters. The summed E-state index contributed by atoms with van der Waals surface area (Å²) in [5.74, 6) is -1.90. The number of carbonyl (C=O) groups is 1. The van der Waals surface area contributed by atoms with E-state index in [2.05, 4.69) is 35.1 Å². The predicted molar refractivity (Wildman–Crippen MR) is 75.1 cm³/mol. The van der Waals surface area contributed by atoms with E-state index in [-0.39, 0.29) is 10.5 Å². The molecule has 1 aromatic rings. The highest BCUT2D eigenvalue weighted by Gasteiger charge is 2.19. The maximum absolute atomic E-state index is 13.6. The van der Waals surface area contributed by atoms with E-state index < -0.39 is 23.1 Å². The van der Waals surface area contributed by atoms with Crippen molar-refractivity contribution in [2.75, 3.05) is 0 Å². The molecule has 5 heteroatoms. The lowest BCUT2D eigenvalue weighted by atomic mass is 10.0. The van der Waals surface area contributed by atoms with Crippen molar-refractivity contribution in [3.05, 3.63) is 33.8 Å². The number of amides is 1. The minimum Gasteiger partial charge on any atom is -0.349 e. The van der Waals surface area contributed by atoms with Crippen LogP contribution in [0.1, 0.15) is 44.0 Å². The zero-order valence-corrected chi connectivity index (χ0v) is 12.9. The van der Waals surface area contributed by atoms with Crippen LogP contribution in [0.5, 0.6) is 0 Å². The maximum Gasteiger partial charge on any atom is 0.257 e. The van der Waals surface area contributed by atoms with Gasteiger partial charge in [0, 0.05) is 10.5 Å². The van der Waals surface area contributed by atoms with Crippen molar-refractivity contribution in [2.24, 2.45) is 5.92 Å². The van der Waals surface area contributed by atoms with Gasteiger partial charge in [-0.2, -0.15) is 0 Å². The summed E-state index contributed by atoms with van der Waals surface area (Å²) in [5, 5.41) is 2.62. The molecule has 0 heterocycles. The molecule has 0 aromatic heterocycles. The Labute approximate surface area is 120 Å². The van der Waals surface area contributed by atoms with Crippen LogP contribution in [0.3, 0.4) is 0 Å². The average Bonchev–Trinajstić information content (AvgIpc) is 2.24. The highest BCUT2D eigenvalue weighted by atomic mass is 79.9. The first kappa shape index (κ1) is 16.1. The largest absolute Gasteiger partial charge is 0.349 e. The highest BCUT2D eigenvalue weighted by molar-refractivity contribution is 9.10. The van der Waals surface area contributed by atoms with E-state index in [1.807, 2.05) is 6.92 Å². The molecule has 1 N–H and O–H groups in total. The number of hydrogen-bond acceptors (Lipinski definition) is 1. The fourth-order valence-corrected chi connectivity index (χ4v) is 2.11. The molecule has 0 spiro atoms. The summed E-state index contributed by atoms with van der Waals surface area (Å²) in [7, 11) is 0. The van der Waals surface area contributed by atoms with Crippen molar-refractivity contribution in [3.63, 3.8) is 0 Å². The molecule has 2 nitrogen and oxygen atoms in total. The molecular formula is C14H18BrF2NO. The minimum absolute atomic E-state index is 0.114. The molecule has 19 heavy (non-hydrogen) atoms. The Morgan fingerprint density at radius 2 is 1.74 bits per heavy atom. The number of carbonyl (C=O) groups excluding carboxylic acids is 1. The summed E-state index contributed by atoms with van der Waals surface area (Å²) in [6.45, 7) is 6.00. The molecular weight excluding hydrogens is 316 g/mol. The lowest BCUT2D eigenvalue weighted by Gasteiger charge is -2.15. The van der Waals surface area contributed by atoms with Crippen LogP contribution in [-0.2, 0) is 0 Å². The summed E-state index contributed by atoms with van der Waals surface area (Å²) >= 11 is 2.98. The number of rotatable bonds is 5. The van der Waals surface area contributed by atoms with Crippen LogP contribution in [0.15, 0.2) is 16.6 Å². The van der Waals surface area contributed by atoms with Crippen LogP contribution in [0.2, 0.25) is 0 Å². The van der Waals surface area contributed by atoms with Gasteiger partial charge in [-0.1, -0.05) is 29.8 Å². The lowest BCUT2D eigenvalue weighted by molar-refractivity contribution is 0.0928. The van der Waals surface area contributed by atoms with Gasteiger partial charge in [-0.05, 0) is 37.8 Å². The SMILES string of the molecule is CC(C)CCC(C)NC(=O)c1c(F)cc(Br)cc1F. The molecule has 0 bridgehead atoms. The first-order valence-electron chi connectivity index (χ1n) is 6.26. The van der Waals surface area contributed by atoms with Crippen molar-refractivity contribution >= 4 is 21.8 Å². The van der Waals surface area contributed by atoms with Crippen molar-refractivity contribution in [1.82, 2.24) is 5.32 Å². The van der Waals surface area contributed by atoms with Crippen LogP contribution in [0.25, 0.3) is 0 Å². The van der Waals surface area contributed by atoms with Gasteiger partial charge in [0.25, 0.3) is 5.91 Å². The van der Waals surface area contributed by atoms with E-state index >= 15 is 0 Å². The van der Waals surface area contributed by atoms with Gasteiger partial charge in [-0.25, -0.2) is 8.78 Å². The van der Waals surface area contributed by atoms with Gasteiger partial charge in [0.1, 0.15) is 17.2 Å². The van der Waals surface area contributed by atoms with Gasteiger partial charge in [0.15, 0.2) is 0 Å². The normalized spacial score (nSPS) is 12.6. The molecule has 0 radical (unpaired) electrons. The number of hydrogen-bond donors (Lipinski definition) is 1. The summed E-state index contributed by atoms with van der Waals surface area (Å²) < 4.78 is 27.5. The second-order valence-electron chi connectivity index (χ2n) is 5.09. The van der Waals surface area contributed by atoms with Crippen LogP contribution >= 0.6 is 15.9 Å². The minimum atomic E-state index is -0.861. The van der Waals surface area contributed by atoms with Crippen LogP contribution in [0, 0.1) is 17.6 Å². The van der Waals surface area contributed by atoms with E-state index in [0.717, 1.165) is 25.0 Å². The van der Waals surface area contributed by atoms with Crippen molar-refractivity contribution in [1.29, 1.82) is 0 Å². The Bertz CT molecular complexity index is 440. The molecule has 1 atom stereocenters. The quantitative estimate of drug-likeness (QED) is 0.855. The van der Waals surface area contributed by atoms with Gasteiger partial charge in [0.2, 0.25) is 0 Å². The third-order valence-electron chi connectivity index (χ3n) is 2.79. The van der Waals surface area contributed by atoms with Crippen LogP contribution < -0.4 is 5.32 Å². The van der Waals surface area contributed by atoms with Crippen molar-refractivity contribution in [3.8, 4) is 0 Å². The molecule has 1 rings (SSSR count). The van der Waals surface area contributed by atoms with Gasteiger partial charge in [-0.15, -0.1) is 0 Å². The Hall–Kier alpha value is -0.970. The summed E-state index contributed by atoms with van der Waals surface area (Å²) in [6.07, 6.45) is 1.73. The Kier molecular flexibility index (Phi) is 5.91.